The van der Waals surface area contributed by atoms with Gasteiger partial charge in [-0.2, -0.15) is 0 Å². The summed E-state index contributed by atoms with van der Waals surface area (Å²) in [4.78, 5) is 24.4. The minimum Gasteiger partial charge on any atom is -0.461 e. The maximum atomic E-state index is 13.6. The van der Waals surface area contributed by atoms with Crippen molar-refractivity contribution < 1.29 is 18.7 Å². The number of carbonyl (C=O) groups is 2. The number of rotatable bonds is 5. The highest BCUT2D eigenvalue weighted by Crippen LogP contribution is 2.37. The van der Waals surface area contributed by atoms with Crippen LogP contribution in [0.1, 0.15) is 45.4 Å². The van der Waals surface area contributed by atoms with E-state index in [0.717, 1.165) is 19.4 Å². The number of nitrogens with one attached hydrogen (secondary N) is 3. The highest BCUT2D eigenvalue weighted by molar-refractivity contribution is 5.98. The molecule has 3 rings (SSSR count). The first-order chi connectivity index (χ1) is 11.5. The molecule has 0 spiro atoms. The molecular formula is C17H28FN3O3. The summed E-state index contributed by atoms with van der Waals surface area (Å²) in [6.07, 6.45) is 2.72. The number of halogens is 1. The number of hydrogen-bond acceptors (Lipinski definition) is 5. The molecule has 0 aromatic carbocycles. The molecule has 3 aliphatic rings. The zero-order valence-corrected chi connectivity index (χ0v) is 14.2. The second-order valence-electron chi connectivity index (χ2n) is 7.44. The molecule has 136 valence electrons. The monoisotopic (exact) mass is 341 g/mol. The van der Waals surface area contributed by atoms with Gasteiger partial charge in [0.05, 0.1) is 0 Å². The number of carbonyl (C=O) groups excluding carboxylic acids is 2. The summed E-state index contributed by atoms with van der Waals surface area (Å²) in [5, 5.41) is 2.85. The Morgan fingerprint density at radius 3 is 2.96 bits per heavy atom. The van der Waals surface area contributed by atoms with Gasteiger partial charge >= 0.3 is 5.97 Å². The van der Waals surface area contributed by atoms with Gasteiger partial charge in [-0.05, 0) is 51.4 Å². The van der Waals surface area contributed by atoms with Crippen LogP contribution in [-0.4, -0.2) is 43.3 Å². The molecular weight excluding hydrogens is 313 g/mol. The molecule has 1 amide bonds. The Morgan fingerprint density at radius 1 is 1.38 bits per heavy atom. The maximum absolute atomic E-state index is 13.6. The Balaban J connectivity index is 1.41. The van der Waals surface area contributed by atoms with Crippen LogP contribution in [0.3, 0.4) is 0 Å². The highest BCUT2D eigenvalue weighted by atomic mass is 19.1. The highest BCUT2D eigenvalue weighted by Gasteiger charge is 2.44. The van der Waals surface area contributed by atoms with Crippen LogP contribution in [0.5, 0.6) is 0 Å². The maximum Gasteiger partial charge on any atom is 0.318 e. The van der Waals surface area contributed by atoms with Crippen LogP contribution in [0.15, 0.2) is 0 Å². The van der Waals surface area contributed by atoms with Crippen molar-refractivity contribution in [1.29, 1.82) is 0 Å². The number of alkyl halides is 1. The van der Waals surface area contributed by atoms with E-state index in [2.05, 4.69) is 23.1 Å². The average Bonchev–Trinajstić information content (AvgIpc) is 2.96. The molecule has 7 heteroatoms. The van der Waals surface area contributed by atoms with Gasteiger partial charge in [-0.15, -0.1) is 0 Å². The average molecular weight is 341 g/mol. The zero-order chi connectivity index (χ0) is 17.1. The SMILES string of the molecule is CC1NNCC1CCCNC(=O)C1CC2CC(F)CCC2OC1=O. The fourth-order valence-corrected chi connectivity index (χ4v) is 4.12. The van der Waals surface area contributed by atoms with E-state index in [4.69, 9.17) is 4.74 Å². The normalized spacial score (nSPS) is 39.2. The molecule has 0 bridgehead atoms. The molecule has 2 saturated heterocycles. The van der Waals surface area contributed by atoms with Crippen molar-refractivity contribution in [1.82, 2.24) is 16.2 Å². The number of amides is 1. The zero-order valence-electron chi connectivity index (χ0n) is 14.2. The molecule has 2 aliphatic heterocycles. The van der Waals surface area contributed by atoms with Gasteiger partial charge in [-0.1, -0.05) is 0 Å². The number of hydrazine groups is 1. The van der Waals surface area contributed by atoms with Crippen LogP contribution in [-0.2, 0) is 14.3 Å². The van der Waals surface area contributed by atoms with Gasteiger partial charge in [-0.25, -0.2) is 4.39 Å². The standard InChI is InChI=1S/C17H28FN3O3/c1-10-11(9-20-21-10)3-2-6-19-16(22)14-8-12-7-13(18)4-5-15(12)24-17(14)23/h10-15,20-21H,2-9H2,1H3,(H,19,22). The van der Waals surface area contributed by atoms with Crippen LogP contribution in [0.2, 0.25) is 0 Å². The lowest BCUT2D eigenvalue weighted by Crippen LogP contribution is -2.47. The predicted octanol–water partition coefficient (Wildman–Crippen LogP) is 1.07. The van der Waals surface area contributed by atoms with E-state index in [1.54, 1.807) is 0 Å². The summed E-state index contributed by atoms with van der Waals surface area (Å²) in [5.74, 6) is -0.936. The quantitative estimate of drug-likeness (QED) is 0.396. The van der Waals surface area contributed by atoms with Crippen LogP contribution in [0.25, 0.3) is 0 Å². The molecule has 0 aromatic heterocycles. The third-order valence-corrected chi connectivity index (χ3v) is 5.71. The predicted molar refractivity (Wildman–Crippen MR) is 86.6 cm³/mol. The van der Waals surface area contributed by atoms with Gasteiger partial charge in [0.1, 0.15) is 18.2 Å². The minimum atomic E-state index is -0.831. The first-order valence-electron chi connectivity index (χ1n) is 9.15. The second kappa shape index (κ2) is 7.78. The largest absolute Gasteiger partial charge is 0.461 e. The van der Waals surface area contributed by atoms with E-state index in [-0.39, 0.29) is 17.9 Å². The minimum absolute atomic E-state index is 0.0151. The van der Waals surface area contributed by atoms with Crippen molar-refractivity contribution >= 4 is 11.9 Å². The van der Waals surface area contributed by atoms with E-state index in [0.29, 0.717) is 44.2 Å². The molecule has 3 N–H and O–H groups in total. The van der Waals surface area contributed by atoms with Crippen molar-refractivity contribution in [3.05, 3.63) is 0 Å². The lowest BCUT2D eigenvalue weighted by molar-refractivity contribution is -0.172. The number of ether oxygens (including phenoxy) is 1. The Bertz CT molecular complexity index is 476. The Hall–Kier alpha value is -1.21. The Kier molecular flexibility index (Phi) is 5.71. The summed E-state index contributed by atoms with van der Waals surface area (Å²) < 4.78 is 18.9. The van der Waals surface area contributed by atoms with Gasteiger partial charge < -0.3 is 10.1 Å². The third-order valence-electron chi connectivity index (χ3n) is 5.71. The molecule has 1 saturated carbocycles. The van der Waals surface area contributed by atoms with Gasteiger partial charge in [0.2, 0.25) is 5.91 Å². The topological polar surface area (TPSA) is 79.5 Å². The molecule has 24 heavy (non-hydrogen) atoms. The lowest BCUT2D eigenvalue weighted by atomic mass is 9.77. The van der Waals surface area contributed by atoms with E-state index in [1.165, 1.54) is 0 Å². The lowest BCUT2D eigenvalue weighted by Gasteiger charge is -2.38. The van der Waals surface area contributed by atoms with E-state index in [9.17, 15) is 14.0 Å². The van der Waals surface area contributed by atoms with Crippen LogP contribution >= 0.6 is 0 Å². The fourth-order valence-electron chi connectivity index (χ4n) is 4.12. The van der Waals surface area contributed by atoms with Crippen molar-refractivity contribution in [3.8, 4) is 0 Å². The van der Waals surface area contributed by atoms with Gasteiger partial charge in [0, 0.05) is 25.0 Å². The van der Waals surface area contributed by atoms with Crippen molar-refractivity contribution in [2.75, 3.05) is 13.1 Å². The molecule has 0 aromatic rings. The van der Waals surface area contributed by atoms with Crippen molar-refractivity contribution in [2.45, 2.75) is 63.8 Å². The van der Waals surface area contributed by atoms with Crippen LogP contribution in [0.4, 0.5) is 4.39 Å². The van der Waals surface area contributed by atoms with E-state index < -0.39 is 18.1 Å². The third kappa shape index (κ3) is 4.06. The fraction of sp³-hybridized carbons (Fsp3) is 0.882. The molecule has 6 nitrogen and oxygen atoms in total. The summed E-state index contributed by atoms with van der Waals surface area (Å²) in [6.45, 7) is 3.64. The summed E-state index contributed by atoms with van der Waals surface area (Å²) in [7, 11) is 0. The van der Waals surface area contributed by atoms with Crippen LogP contribution < -0.4 is 16.2 Å². The number of fused-ring (bicyclic) bond motifs is 1. The molecule has 6 atom stereocenters. The van der Waals surface area contributed by atoms with Crippen molar-refractivity contribution in [3.63, 3.8) is 0 Å². The molecule has 1 aliphatic carbocycles. The number of esters is 1. The molecule has 0 radical (unpaired) electrons. The van der Waals surface area contributed by atoms with Gasteiger partial charge in [0.15, 0.2) is 0 Å². The van der Waals surface area contributed by atoms with Crippen LogP contribution in [0, 0.1) is 17.8 Å². The smallest absolute Gasteiger partial charge is 0.318 e. The first-order valence-corrected chi connectivity index (χ1v) is 9.15. The summed E-state index contributed by atoms with van der Waals surface area (Å²) in [6, 6.07) is 0.436. The molecule has 6 unspecified atom stereocenters. The number of hydrogen-bond donors (Lipinski definition) is 3. The summed E-state index contributed by atoms with van der Waals surface area (Å²) >= 11 is 0. The first kappa shape index (κ1) is 17.6. The van der Waals surface area contributed by atoms with Crippen molar-refractivity contribution in [2.24, 2.45) is 17.8 Å². The molecule has 2 heterocycles. The Morgan fingerprint density at radius 2 is 2.21 bits per heavy atom. The van der Waals surface area contributed by atoms with E-state index >= 15 is 0 Å². The van der Waals surface area contributed by atoms with Gasteiger partial charge in [-0.3, -0.25) is 20.4 Å². The van der Waals surface area contributed by atoms with E-state index in [1.807, 2.05) is 0 Å². The Labute approximate surface area is 142 Å². The summed E-state index contributed by atoms with van der Waals surface area (Å²) in [5.41, 5.74) is 6.31. The molecule has 3 fully saturated rings. The van der Waals surface area contributed by atoms with Gasteiger partial charge in [0.25, 0.3) is 0 Å². The second-order valence-corrected chi connectivity index (χ2v) is 7.44.